The van der Waals surface area contributed by atoms with Crippen LogP contribution >= 0.6 is 12.2 Å². The fourth-order valence-electron chi connectivity index (χ4n) is 5.16. The molecule has 1 saturated carbocycles. The highest BCUT2D eigenvalue weighted by molar-refractivity contribution is 7.80. The number of aryl methyl sites for hydroxylation is 1. The van der Waals surface area contributed by atoms with E-state index in [2.05, 4.69) is 65.7 Å². The maximum absolute atomic E-state index is 5.78. The molecule has 0 aromatic carbocycles. The number of pyridine rings is 1. The molecule has 0 bridgehead atoms. The van der Waals surface area contributed by atoms with Gasteiger partial charge in [0.2, 0.25) is 0 Å². The summed E-state index contributed by atoms with van der Waals surface area (Å²) in [5.41, 5.74) is 5.23. The van der Waals surface area contributed by atoms with Gasteiger partial charge in [-0.3, -0.25) is 4.98 Å². The fraction of sp³-hybridized carbons (Fsp3) is 0.565. The van der Waals surface area contributed by atoms with Crippen molar-refractivity contribution in [3.05, 3.63) is 53.1 Å². The predicted molar refractivity (Wildman–Crippen MR) is 118 cm³/mol. The Morgan fingerprint density at radius 1 is 1.21 bits per heavy atom. The van der Waals surface area contributed by atoms with E-state index in [-0.39, 0.29) is 12.1 Å². The number of nitrogens with zero attached hydrogens (tertiary/aromatic N) is 3. The second kappa shape index (κ2) is 7.86. The summed E-state index contributed by atoms with van der Waals surface area (Å²) >= 11 is 5.78. The van der Waals surface area contributed by atoms with E-state index in [1.807, 2.05) is 12.3 Å². The van der Waals surface area contributed by atoms with Crippen LogP contribution in [0.15, 0.2) is 30.5 Å². The third-order valence-electron chi connectivity index (χ3n) is 6.29. The minimum absolute atomic E-state index is 0.0879. The van der Waals surface area contributed by atoms with Gasteiger partial charge in [-0.25, -0.2) is 0 Å². The standard InChI is InChI=1S/C23H32N4S/c1-15(2)14-26-22(21(25-23(26)28)20-11-7-8-12-24-20)19-13-16(3)27(17(19)4)18-9-5-6-10-18/h7-8,11-13,15,18,21-22H,5-6,9-10,14H2,1-4H3,(H,25,28). The summed E-state index contributed by atoms with van der Waals surface area (Å²) in [6.07, 6.45) is 7.18. The van der Waals surface area contributed by atoms with E-state index < -0.39 is 0 Å². The molecule has 1 aliphatic heterocycles. The van der Waals surface area contributed by atoms with E-state index in [0.29, 0.717) is 12.0 Å². The highest BCUT2D eigenvalue weighted by Gasteiger charge is 2.41. The molecule has 1 saturated heterocycles. The van der Waals surface area contributed by atoms with Crippen LogP contribution in [0, 0.1) is 19.8 Å². The lowest BCUT2D eigenvalue weighted by atomic mass is 9.96. The number of hydrogen-bond acceptors (Lipinski definition) is 2. The summed E-state index contributed by atoms with van der Waals surface area (Å²) in [5, 5.41) is 4.43. The molecule has 2 unspecified atom stereocenters. The number of thiocarbonyl (C=S) groups is 1. The van der Waals surface area contributed by atoms with E-state index in [0.717, 1.165) is 17.4 Å². The molecule has 2 aliphatic rings. The van der Waals surface area contributed by atoms with Crippen molar-refractivity contribution < 1.29 is 0 Å². The predicted octanol–water partition coefficient (Wildman–Crippen LogP) is 5.24. The quantitative estimate of drug-likeness (QED) is 0.700. The number of nitrogens with one attached hydrogen (secondary N) is 1. The Morgan fingerprint density at radius 2 is 1.96 bits per heavy atom. The van der Waals surface area contributed by atoms with Crippen LogP contribution < -0.4 is 5.32 Å². The van der Waals surface area contributed by atoms with Crippen molar-refractivity contribution in [2.24, 2.45) is 5.92 Å². The number of aromatic nitrogens is 2. The third kappa shape index (κ3) is 3.45. The molecule has 2 aromatic heterocycles. The van der Waals surface area contributed by atoms with Crippen molar-refractivity contribution >= 4 is 17.3 Å². The first kappa shape index (κ1) is 19.4. The Hall–Kier alpha value is -1.88. The fourth-order valence-corrected chi connectivity index (χ4v) is 5.48. The normalized spacial score (nSPS) is 23.0. The first-order valence-electron chi connectivity index (χ1n) is 10.6. The zero-order valence-corrected chi connectivity index (χ0v) is 18.3. The second-order valence-electron chi connectivity index (χ2n) is 8.81. The van der Waals surface area contributed by atoms with Gasteiger partial charge in [0.1, 0.15) is 0 Å². The Morgan fingerprint density at radius 3 is 2.61 bits per heavy atom. The van der Waals surface area contributed by atoms with Gasteiger partial charge in [-0.15, -0.1) is 0 Å². The molecule has 4 nitrogen and oxygen atoms in total. The Balaban J connectivity index is 1.78. The van der Waals surface area contributed by atoms with Gasteiger partial charge in [0.25, 0.3) is 0 Å². The van der Waals surface area contributed by atoms with Gasteiger partial charge in [-0.2, -0.15) is 0 Å². The maximum Gasteiger partial charge on any atom is 0.170 e. The minimum atomic E-state index is 0.0879. The monoisotopic (exact) mass is 396 g/mol. The van der Waals surface area contributed by atoms with E-state index >= 15 is 0 Å². The van der Waals surface area contributed by atoms with Gasteiger partial charge in [0, 0.05) is 30.2 Å². The molecule has 3 heterocycles. The van der Waals surface area contributed by atoms with Crippen molar-refractivity contribution in [3.63, 3.8) is 0 Å². The molecule has 0 radical (unpaired) electrons. The molecule has 0 amide bonds. The molecule has 2 fully saturated rings. The van der Waals surface area contributed by atoms with Crippen LogP contribution in [0.3, 0.4) is 0 Å². The van der Waals surface area contributed by atoms with Crippen molar-refractivity contribution in [1.29, 1.82) is 0 Å². The van der Waals surface area contributed by atoms with Gasteiger partial charge < -0.3 is 14.8 Å². The average Bonchev–Trinajstić information content (AvgIpc) is 3.35. The summed E-state index contributed by atoms with van der Waals surface area (Å²) in [5.74, 6) is 0.544. The molecule has 28 heavy (non-hydrogen) atoms. The molecule has 4 rings (SSSR count). The molecule has 5 heteroatoms. The van der Waals surface area contributed by atoms with Crippen LogP contribution in [-0.2, 0) is 0 Å². The number of hydrogen-bond donors (Lipinski definition) is 1. The van der Waals surface area contributed by atoms with Gasteiger partial charge in [0.05, 0.1) is 17.8 Å². The van der Waals surface area contributed by atoms with Gasteiger partial charge >= 0.3 is 0 Å². The molecule has 0 spiro atoms. The summed E-state index contributed by atoms with van der Waals surface area (Å²) in [4.78, 5) is 7.05. The highest BCUT2D eigenvalue weighted by atomic mass is 32.1. The minimum Gasteiger partial charge on any atom is -0.352 e. The van der Waals surface area contributed by atoms with Crippen LogP contribution in [0.2, 0.25) is 0 Å². The van der Waals surface area contributed by atoms with Crippen LogP contribution in [0.5, 0.6) is 0 Å². The Kier molecular flexibility index (Phi) is 5.46. The lowest BCUT2D eigenvalue weighted by Gasteiger charge is -2.29. The topological polar surface area (TPSA) is 33.1 Å². The largest absolute Gasteiger partial charge is 0.352 e. The molecule has 1 aliphatic carbocycles. The molecule has 2 atom stereocenters. The summed E-state index contributed by atoms with van der Waals surface area (Å²) in [7, 11) is 0. The summed E-state index contributed by atoms with van der Waals surface area (Å²) in [6, 6.07) is 9.48. The van der Waals surface area contributed by atoms with Crippen LogP contribution in [0.25, 0.3) is 0 Å². The van der Waals surface area contributed by atoms with Gasteiger partial charge in [-0.1, -0.05) is 32.8 Å². The van der Waals surface area contributed by atoms with Crippen LogP contribution in [0.4, 0.5) is 0 Å². The average molecular weight is 397 g/mol. The molecule has 2 aromatic rings. The third-order valence-corrected chi connectivity index (χ3v) is 6.64. The van der Waals surface area contributed by atoms with E-state index in [4.69, 9.17) is 12.2 Å². The van der Waals surface area contributed by atoms with E-state index in [9.17, 15) is 0 Å². The maximum atomic E-state index is 5.78. The van der Waals surface area contributed by atoms with Crippen LogP contribution in [-0.4, -0.2) is 26.1 Å². The van der Waals surface area contributed by atoms with Crippen molar-refractivity contribution in [2.75, 3.05) is 6.54 Å². The highest BCUT2D eigenvalue weighted by Crippen LogP contribution is 2.43. The first-order valence-corrected chi connectivity index (χ1v) is 11.0. The molecular formula is C23H32N4S. The first-order chi connectivity index (χ1) is 13.5. The van der Waals surface area contributed by atoms with Crippen LogP contribution in [0.1, 0.15) is 80.3 Å². The van der Waals surface area contributed by atoms with E-state index in [1.165, 1.54) is 42.6 Å². The molecule has 150 valence electrons. The summed E-state index contributed by atoms with van der Waals surface area (Å²) in [6.45, 7) is 10.0. The lowest BCUT2D eigenvalue weighted by molar-refractivity contribution is 0.286. The molecule has 1 N–H and O–H groups in total. The smallest absolute Gasteiger partial charge is 0.170 e. The zero-order chi connectivity index (χ0) is 19.8. The summed E-state index contributed by atoms with van der Waals surface area (Å²) < 4.78 is 2.59. The van der Waals surface area contributed by atoms with Crippen molar-refractivity contribution in [2.45, 2.75) is 71.5 Å². The Bertz CT molecular complexity index is 836. The van der Waals surface area contributed by atoms with E-state index in [1.54, 1.807) is 0 Å². The lowest BCUT2D eigenvalue weighted by Crippen LogP contribution is -2.33. The van der Waals surface area contributed by atoms with Gasteiger partial charge in [0.15, 0.2) is 5.11 Å². The van der Waals surface area contributed by atoms with Crippen molar-refractivity contribution in [1.82, 2.24) is 19.8 Å². The number of rotatable bonds is 5. The SMILES string of the molecule is Cc1cc(C2C(c3ccccn3)NC(=S)N2CC(C)C)c(C)n1C1CCCC1. The van der Waals surface area contributed by atoms with Gasteiger partial charge in [-0.05, 0) is 68.6 Å². The second-order valence-corrected chi connectivity index (χ2v) is 9.19. The van der Waals surface area contributed by atoms with Crippen molar-refractivity contribution in [3.8, 4) is 0 Å². The Labute approximate surface area is 174 Å². The zero-order valence-electron chi connectivity index (χ0n) is 17.5. The molecular weight excluding hydrogens is 364 g/mol.